The first kappa shape index (κ1) is 13.5. The number of ether oxygens (including phenoxy) is 1. The number of hydrogen-bond donors (Lipinski definition) is 0. The van der Waals surface area contributed by atoms with Gasteiger partial charge in [0.1, 0.15) is 15.5 Å². The highest BCUT2D eigenvalue weighted by Crippen LogP contribution is 2.83. The predicted octanol–water partition coefficient (Wildman–Crippen LogP) is 3.66. The van der Waals surface area contributed by atoms with Gasteiger partial charge >= 0.3 is 0 Å². The number of alkyl halides is 4. The van der Waals surface area contributed by atoms with E-state index in [0.29, 0.717) is 0 Å². The molecule has 2 nitrogen and oxygen atoms in total. The number of rotatable bonds is 0. The second kappa shape index (κ2) is 3.31. The zero-order valence-electron chi connectivity index (χ0n) is 9.55. The van der Waals surface area contributed by atoms with Crippen LogP contribution in [0.2, 0.25) is 0 Å². The van der Waals surface area contributed by atoms with Crippen LogP contribution in [0, 0.1) is 23.7 Å². The molecule has 0 spiro atoms. The third-order valence-corrected chi connectivity index (χ3v) is 10.0. The molecule has 108 valence electrons. The second-order valence-corrected chi connectivity index (χ2v) is 9.47. The molecule has 1 aliphatic heterocycles. The molecule has 1 saturated heterocycles. The fourth-order valence-corrected chi connectivity index (χ4v) is 8.11. The van der Waals surface area contributed by atoms with Crippen molar-refractivity contribution in [3.8, 4) is 0 Å². The number of hydrogen-bond acceptors (Lipinski definition) is 2. The predicted molar refractivity (Wildman–Crippen MR) is 78.0 cm³/mol. The lowest BCUT2D eigenvalue weighted by molar-refractivity contribution is -0.125. The van der Waals surface area contributed by atoms with E-state index in [1.807, 2.05) is 0 Å². The van der Waals surface area contributed by atoms with E-state index < -0.39 is 14.1 Å². The normalized spacial score (nSPS) is 64.0. The first-order valence-electron chi connectivity index (χ1n) is 6.21. The van der Waals surface area contributed by atoms with Crippen LogP contribution in [0.4, 0.5) is 0 Å². The van der Waals surface area contributed by atoms with Crippen LogP contribution >= 0.6 is 69.6 Å². The van der Waals surface area contributed by atoms with Crippen molar-refractivity contribution < 1.29 is 9.53 Å². The van der Waals surface area contributed by atoms with Crippen molar-refractivity contribution in [2.75, 3.05) is 0 Å². The molecule has 8 atom stereocenters. The maximum atomic E-state index is 12.5. The van der Waals surface area contributed by atoms with Gasteiger partial charge in [0.25, 0.3) is 0 Å². The smallest absolute Gasteiger partial charge is 0.166 e. The molecule has 0 amide bonds. The molecule has 0 aromatic heterocycles. The van der Waals surface area contributed by atoms with Gasteiger partial charge in [-0.3, -0.25) is 4.79 Å². The van der Waals surface area contributed by atoms with Gasteiger partial charge in [0.15, 0.2) is 4.33 Å². The van der Waals surface area contributed by atoms with E-state index in [4.69, 9.17) is 74.3 Å². The summed E-state index contributed by atoms with van der Waals surface area (Å²) in [6, 6.07) is 0. The van der Waals surface area contributed by atoms with Gasteiger partial charge in [0.05, 0.1) is 34.1 Å². The van der Waals surface area contributed by atoms with E-state index in [9.17, 15) is 4.79 Å². The Labute approximate surface area is 144 Å². The van der Waals surface area contributed by atoms with Crippen molar-refractivity contribution in [3.63, 3.8) is 0 Å². The first-order valence-corrected chi connectivity index (χ1v) is 8.48. The average molecular weight is 395 g/mol. The van der Waals surface area contributed by atoms with Crippen molar-refractivity contribution in [2.24, 2.45) is 23.7 Å². The van der Waals surface area contributed by atoms with Crippen LogP contribution < -0.4 is 0 Å². The lowest BCUT2D eigenvalue weighted by Gasteiger charge is -2.36. The van der Waals surface area contributed by atoms with Gasteiger partial charge in [-0.15, -0.1) is 23.2 Å². The maximum absolute atomic E-state index is 12.5. The summed E-state index contributed by atoms with van der Waals surface area (Å²) >= 11 is 39.1. The molecule has 0 N–H and O–H groups in total. The van der Waals surface area contributed by atoms with Crippen molar-refractivity contribution in [3.05, 3.63) is 10.1 Å². The lowest BCUT2D eigenvalue weighted by Crippen LogP contribution is -2.47. The standard InChI is InChI=1S/C12H6Cl6O2/c13-8-9(14)11(16)4-2-5(19)1(6-7(2)20-6)3(4)10(8,15)12(11,17)18/h1-4,6-7H/t1-,2+,3-,4+,6+,7-,10-,11-/m0/s1. The molecule has 0 unspecified atom stereocenters. The number of Topliss-reactive ketones (excluding diaryl/α,β-unsaturated/α-hetero) is 1. The molecule has 0 radical (unpaired) electrons. The SMILES string of the molecule is O=C1[C@@H]2[C@@H]3O[C@@H]3[C@H]1[C@H]1[C@@H]2[C@]2(Cl)C(Cl)=C(Cl)[C@]1(Cl)C2(Cl)Cl. The molecular formula is C12H6Cl6O2. The van der Waals surface area contributed by atoms with Crippen molar-refractivity contribution >= 4 is 75.4 Å². The molecular weight excluding hydrogens is 389 g/mol. The summed E-state index contributed by atoms with van der Waals surface area (Å²) < 4.78 is 4.03. The summed E-state index contributed by atoms with van der Waals surface area (Å²) in [5, 5.41) is 0.333. The minimum absolute atomic E-state index is 0.0867. The second-order valence-electron chi connectivity index (χ2n) is 6.20. The van der Waals surface area contributed by atoms with Gasteiger partial charge in [0, 0.05) is 11.8 Å². The number of carbonyl (C=O) groups is 1. The molecule has 8 heteroatoms. The van der Waals surface area contributed by atoms with Gasteiger partial charge in [-0.1, -0.05) is 46.4 Å². The van der Waals surface area contributed by atoms with Crippen LogP contribution in [0.5, 0.6) is 0 Å². The Morgan fingerprint density at radius 1 is 0.850 bits per heavy atom. The lowest BCUT2D eigenvalue weighted by atomic mass is 9.73. The minimum atomic E-state index is -1.54. The van der Waals surface area contributed by atoms with Crippen LogP contribution in [-0.4, -0.2) is 32.1 Å². The quantitative estimate of drug-likeness (QED) is 0.356. The van der Waals surface area contributed by atoms with Gasteiger partial charge < -0.3 is 4.74 Å². The third-order valence-electron chi connectivity index (χ3n) is 5.75. The van der Waals surface area contributed by atoms with E-state index in [-0.39, 0.29) is 51.7 Å². The Morgan fingerprint density at radius 2 is 1.25 bits per heavy atom. The van der Waals surface area contributed by atoms with Crippen LogP contribution in [0.15, 0.2) is 10.1 Å². The Morgan fingerprint density at radius 3 is 1.65 bits per heavy atom. The number of ketones is 1. The summed E-state index contributed by atoms with van der Waals surface area (Å²) in [6.07, 6.45) is -0.173. The van der Waals surface area contributed by atoms with E-state index in [1.54, 1.807) is 0 Å². The van der Waals surface area contributed by atoms with Gasteiger partial charge in [-0.05, 0) is 0 Å². The average Bonchev–Trinajstić information content (AvgIpc) is 3.01. The van der Waals surface area contributed by atoms with Crippen molar-refractivity contribution in [2.45, 2.75) is 26.3 Å². The molecule has 0 aromatic carbocycles. The number of allylic oxidation sites excluding steroid dienone is 2. The van der Waals surface area contributed by atoms with Crippen LogP contribution in [0.3, 0.4) is 0 Å². The summed E-state index contributed by atoms with van der Waals surface area (Å²) in [5.41, 5.74) is 0. The van der Waals surface area contributed by atoms with Gasteiger partial charge in [-0.25, -0.2) is 0 Å². The van der Waals surface area contributed by atoms with Crippen LogP contribution in [0.25, 0.3) is 0 Å². The summed E-state index contributed by atoms with van der Waals surface area (Å²) in [5.74, 6) is -1.18. The number of carbonyl (C=O) groups excluding carboxylic acids is 1. The van der Waals surface area contributed by atoms with Gasteiger partial charge in [0.2, 0.25) is 0 Å². The molecule has 4 fully saturated rings. The largest absolute Gasteiger partial charge is 0.368 e. The number of halogens is 6. The van der Waals surface area contributed by atoms with Crippen LogP contribution in [0.1, 0.15) is 0 Å². The highest BCUT2D eigenvalue weighted by atomic mass is 35.5. The Bertz CT molecular complexity index is 583. The fraction of sp³-hybridized carbons (Fsp3) is 0.750. The Hall–Kier alpha value is 1.11. The molecule has 5 rings (SSSR count). The fourth-order valence-electron chi connectivity index (χ4n) is 5.03. The zero-order valence-corrected chi connectivity index (χ0v) is 14.1. The van der Waals surface area contributed by atoms with E-state index in [1.165, 1.54) is 0 Å². The molecule has 4 aliphatic carbocycles. The van der Waals surface area contributed by atoms with Crippen molar-refractivity contribution in [1.82, 2.24) is 0 Å². The minimum Gasteiger partial charge on any atom is -0.368 e. The molecule has 5 aliphatic rings. The molecule has 1 heterocycles. The Balaban J connectivity index is 1.82. The molecule has 0 aromatic rings. The first-order chi connectivity index (χ1) is 9.20. The van der Waals surface area contributed by atoms with E-state index >= 15 is 0 Å². The maximum Gasteiger partial charge on any atom is 0.166 e. The Kier molecular flexibility index (Phi) is 2.24. The summed E-state index contributed by atoms with van der Waals surface area (Å²) in [4.78, 5) is 9.81. The monoisotopic (exact) mass is 392 g/mol. The third kappa shape index (κ3) is 0.953. The zero-order chi connectivity index (χ0) is 14.4. The highest BCUT2D eigenvalue weighted by molar-refractivity contribution is 6.65. The van der Waals surface area contributed by atoms with Gasteiger partial charge in [-0.2, -0.15) is 0 Å². The molecule has 20 heavy (non-hydrogen) atoms. The molecule has 4 bridgehead atoms. The van der Waals surface area contributed by atoms with Crippen LogP contribution in [-0.2, 0) is 9.53 Å². The highest BCUT2D eigenvalue weighted by Gasteiger charge is 2.91. The van der Waals surface area contributed by atoms with E-state index in [0.717, 1.165) is 0 Å². The molecule has 3 saturated carbocycles. The number of fused-ring (bicyclic) bond motifs is 12. The number of epoxide rings is 1. The summed E-state index contributed by atoms with van der Waals surface area (Å²) in [6.45, 7) is 0. The summed E-state index contributed by atoms with van der Waals surface area (Å²) in [7, 11) is 0. The van der Waals surface area contributed by atoms with Crippen molar-refractivity contribution in [1.29, 1.82) is 0 Å². The van der Waals surface area contributed by atoms with E-state index in [2.05, 4.69) is 0 Å². The topological polar surface area (TPSA) is 29.6 Å².